The van der Waals surface area contributed by atoms with Crippen LogP contribution < -0.4 is 10.4 Å². The fourth-order valence-corrected chi connectivity index (χ4v) is 5.95. The SMILES string of the molecule is CC1C(C(=O)NN2CCS(=O)(=O)CC2)=NN(c2ccc(Cl)cc2Cl)C1c1ccc(C#CCCC#N)cc1. The summed E-state index contributed by atoms with van der Waals surface area (Å²) in [5, 5.41) is 17.6. The van der Waals surface area contributed by atoms with E-state index in [0.29, 0.717) is 34.3 Å². The summed E-state index contributed by atoms with van der Waals surface area (Å²) < 4.78 is 23.5. The van der Waals surface area contributed by atoms with Crippen LogP contribution in [0.3, 0.4) is 0 Å². The zero-order chi connectivity index (χ0) is 26.6. The van der Waals surface area contributed by atoms with Gasteiger partial charge >= 0.3 is 0 Å². The number of anilines is 1. The summed E-state index contributed by atoms with van der Waals surface area (Å²) in [5.41, 5.74) is 5.47. The predicted molar refractivity (Wildman–Crippen MR) is 145 cm³/mol. The molecule has 11 heteroatoms. The monoisotopic (exact) mass is 557 g/mol. The first-order valence-electron chi connectivity index (χ1n) is 11.7. The molecule has 0 saturated carbocycles. The van der Waals surface area contributed by atoms with E-state index < -0.39 is 9.84 Å². The summed E-state index contributed by atoms with van der Waals surface area (Å²) in [4.78, 5) is 13.2. The minimum atomic E-state index is -3.07. The Balaban J connectivity index is 1.61. The maximum absolute atomic E-state index is 13.2. The van der Waals surface area contributed by atoms with E-state index in [1.807, 2.05) is 31.2 Å². The van der Waals surface area contributed by atoms with Crippen molar-refractivity contribution in [3.63, 3.8) is 0 Å². The highest BCUT2D eigenvalue weighted by Gasteiger charge is 2.40. The molecule has 192 valence electrons. The number of hydrogen-bond donors (Lipinski definition) is 1. The first kappa shape index (κ1) is 27.0. The second-order valence-corrected chi connectivity index (χ2v) is 12.0. The van der Waals surface area contributed by atoms with Crippen molar-refractivity contribution in [3.8, 4) is 17.9 Å². The minimum Gasteiger partial charge on any atom is -0.284 e. The zero-order valence-corrected chi connectivity index (χ0v) is 22.4. The number of nitrogens with zero attached hydrogens (tertiary/aromatic N) is 4. The highest BCUT2D eigenvalue weighted by atomic mass is 35.5. The Kier molecular flexibility index (Phi) is 8.41. The van der Waals surface area contributed by atoms with Gasteiger partial charge in [-0.3, -0.25) is 15.2 Å². The average Bonchev–Trinajstić information content (AvgIpc) is 3.20. The summed E-state index contributed by atoms with van der Waals surface area (Å²) in [6.07, 6.45) is 0.896. The van der Waals surface area contributed by atoms with Gasteiger partial charge < -0.3 is 0 Å². The summed E-state index contributed by atoms with van der Waals surface area (Å²) in [6, 6.07) is 14.5. The lowest BCUT2D eigenvalue weighted by Gasteiger charge is -2.28. The topological polar surface area (TPSA) is 106 Å². The second-order valence-electron chi connectivity index (χ2n) is 8.82. The summed E-state index contributed by atoms with van der Waals surface area (Å²) >= 11 is 12.6. The molecule has 4 rings (SSSR count). The number of hydrogen-bond acceptors (Lipinski definition) is 7. The molecule has 1 N–H and O–H groups in total. The Labute approximate surface area is 226 Å². The maximum Gasteiger partial charge on any atom is 0.282 e. The normalized spacial score (nSPS) is 20.9. The van der Waals surface area contributed by atoms with E-state index in [4.69, 9.17) is 28.5 Å². The molecule has 1 amide bonds. The number of halogens is 2. The van der Waals surface area contributed by atoms with Crippen molar-refractivity contribution in [2.75, 3.05) is 29.6 Å². The van der Waals surface area contributed by atoms with Gasteiger partial charge in [0.15, 0.2) is 9.84 Å². The molecule has 2 atom stereocenters. The molecule has 2 unspecified atom stereocenters. The Hall–Kier alpha value is -3.08. The van der Waals surface area contributed by atoms with Crippen LogP contribution in [0.1, 0.15) is 36.9 Å². The van der Waals surface area contributed by atoms with E-state index >= 15 is 0 Å². The largest absolute Gasteiger partial charge is 0.284 e. The Morgan fingerprint density at radius 1 is 1.14 bits per heavy atom. The van der Waals surface area contributed by atoms with E-state index in [0.717, 1.165) is 11.1 Å². The number of rotatable bonds is 5. The molecule has 2 aliphatic rings. The molecule has 0 radical (unpaired) electrons. The van der Waals surface area contributed by atoms with Gasteiger partial charge in [0.2, 0.25) is 0 Å². The number of unbranched alkanes of at least 4 members (excludes halogenated alkanes) is 1. The molecule has 8 nitrogen and oxygen atoms in total. The minimum absolute atomic E-state index is 0.00377. The van der Waals surface area contributed by atoms with Crippen molar-refractivity contribution in [3.05, 3.63) is 63.6 Å². The standard InChI is InChI=1S/C26H25Cl2N5O3S/c1-18-24(26(34)31-32-13-15-37(35,36)16-14-32)30-33(23-11-10-21(27)17-22(23)28)25(18)20-8-6-19(7-9-20)5-3-2-4-12-29/h6-11,17-18,25H,2,4,13-16H2,1H3,(H,31,34). The van der Waals surface area contributed by atoms with Gasteiger partial charge in [0.05, 0.1) is 34.3 Å². The third-order valence-electron chi connectivity index (χ3n) is 6.22. The summed E-state index contributed by atoms with van der Waals surface area (Å²) in [5.74, 6) is 5.33. The smallest absolute Gasteiger partial charge is 0.282 e. The van der Waals surface area contributed by atoms with Gasteiger partial charge in [-0.05, 0) is 35.9 Å². The summed E-state index contributed by atoms with van der Waals surface area (Å²) in [6.45, 7) is 2.37. The van der Waals surface area contributed by atoms with Gasteiger partial charge in [0.25, 0.3) is 5.91 Å². The van der Waals surface area contributed by atoms with E-state index in [-0.39, 0.29) is 42.5 Å². The molecule has 2 aromatic carbocycles. The molecule has 0 bridgehead atoms. The van der Waals surface area contributed by atoms with E-state index in [1.165, 1.54) is 0 Å². The number of amides is 1. The lowest BCUT2D eigenvalue weighted by molar-refractivity contribution is -0.119. The van der Waals surface area contributed by atoms with Crippen molar-refractivity contribution in [2.24, 2.45) is 11.0 Å². The lowest BCUT2D eigenvalue weighted by atomic mass is 9.90. The fraction of sp³-hybridized carbons (Fsp3) is 0.346. The van der Waals surface area contributed by atoms with Gasteiger partial charge in [-0.15, -0.1) is 0 Å². The number of sulfone groups is 1. The molecular formula is C26H25Cl2N5O3S. The average molecular weight is 558 g/mol. The van der Waals surface area contributed by atoms with Gasteiger partial charge in [0, 0.05) is 42.4 Å². The van der Waals surface area contributed by atoms with E-state index in [9.17, 15) is 13.2 Å². The molecule has 0 aromatic heterocycles. The van der Waals surface area contributed by atoms with Crippen LogP contribution in [0, 0.1) is 29.1 Å². The zero-order valence-electron chi connectivity index (χ0n) is 20.1. The maximum atomic E-state index is 13.2. The van der Waals surface area contributed by atoms with E-state index in [2.05, 4.69) is 28.4 Å². The second kappa shape index (κ2) is 11.5. The first-order chi connectivity index (χ1) is 17.7. The van der Waals surface area contributed by atoms with Crippen molar-refractivity contribution >= 4 is 50.3 Å². The third kappa shape index (κ3) is 6.44. The highest BCUT2D eigenvalue weighted by Crippen LogP contribution is 2.42. The molecule has 2 aromatic rings. The fourth-order valence-electron chi connectivity index (χ4n) is 4.26. The number of carbonyl (C=O) groups is 1. The molecule has 1 fully saturated rings. The molecule has 2 aliphatic heterocycles. The molecule has 0 aliphatic carbocycles. The van der Waals surface area contributed by atoms with Crippen LogP contribution in [0.2, 0.25) is 10.0 Å². The number of hydrazine groups is 1. The van der Waals surface area contributed by atoms with Crippen LogP contribution >= 0.6 is 23.2 Å². The van der Waals surface area contributed by atoms with Crippen molar-refractivity contribution < 1.29 is 13.2 Å². The molecular weight excluding hydrogens is 533 g/mol. The van der Waals surface area contributed by atoms with Gasteiger partial charge in [-0.1, -0.05) is 54.1 Å². The van der Waals surface area contributed by atoms with Crippen LogP contribution in [-0.2, 0) is 14.6 Å². The van der Waals surface area contributed by atoms with Gasteiger partial charge in [-0.2, -0.15) is 10.4 Å². The Morgan fingerprint density at radius 2 is 1.84 bits per heavy atom. The lowest BCUT2D eigenvalue weighted by Crippen LogP contribution is -2.52. The molecule has 2 heterocycles. The quantitative estimate of drug-likeness (QED) is 0.440. The third-order valence-corrected chi connectivity index (χ3v) is 8.37. The van der Waals surface area contributed by atoms with Crippen LogP contribution in [0.25, 0.3) is 0 Å². The number of hydrazone groups is 1. The van der Waals surface area contributed by atoms with Crippen LogP contribution in [0.4, 0.5) is 5.69 Å². The van der Waals surface area contributed by atoms with Crippen molar-refractivity contribution in [2.45, 2.75) is 25.8 Å². The predicted octanol–water partition coefficient (Wildman–Crippen LogP) is 3.96. The van der Waals surface area contributed by atoms with E-state index in [1.54, 1.807) is 28.2 Å². The molecule has 0 spiro atoms. The molecule has 1 saturated heterocycles. The van der Waals surface area contributed by atoms with Crippen molar-refractivity contribution in [1.82, 2.24) is 10.4 Å². The van der Waals surface area contributed by atoms with Gasteiger partial charge in [0.1, 0.15) is 5.71 Å². The van der Waals surface area contributed by atoms with Crippen LogP contribution in [0.5, 0.6) is 0 Å². The number of benzene rings is 2. The van der Waals surface area contributed by atoms with Crippen LogP contribution in [0.15, 0.2) is 47.6 Å². The van der Waals surface area contributed by atoms with Gasteiger partial charge in [-0.25, -0.2) is 13.4 Å². The highest BCUT2D eigenvalue weighted by molar-refractivity contribution is 7.91. The molecule has 37 heavy (non-hydrogen) atoms. The van der Waals surface area contributed by atoms with Crippen LogP contribution in [-0.4, -0.2) is 49.6 Å². The Bertz CT molecular complexity index is 1410. The number of nitriles is 1. The number of nitrogens with one attached hydrogen (secondary N) is 1. The summed E-state index contributed by atoms with van der Waals surface area (Å²) in [7, 11) is -3.07. The number of carbonyl (C=O) groups excluding carboxylic acids is 1. The Morgan fingerprint density at radius 3 is 2.49 bits per heavy atom. The first-order valence-corrected chi connectivity index (χ1v) is 14.3. The van der Waals surface area contributed by atoms with Crippen molar-refractivity contribution in [1.29, 1.82) is 5.26 Å².